The third-order valence-electron chi connectivity index (χ3n) is 4.44. The molecule has 0 aromatic carbocycles. The zero-order valence-electron chi connectivity index (χ0n) is 12.9. The number of nitrogens with one attached hydrogen (secondary N) is 2. The molecular formula is C14H20F3N5O. The number of amides is 1. The lowest BCUT2D eigenvalue weighted by molar-refractivity contribution is -0.153. The first kappa shape index (κ1) is 16.3. The van der Waals surface area contributed by atoms with Crippen molar-refractivity contribution in [3.63, 3.8) is 0 Å². The average molecular weight is 331 g/mol. The van der Waals surface area contributed by atoms with Gasteiger partial charge in [-0.3, -0.25) is 14.8 Å². The fraction of sp³-hybridized carbons (Fsp3) is 0.714. The Morgan fingerprint density at radius 1 is 1.39 bits per heavy atom. The first-order valence-electron chi connectivity index (χ1n) is 7.72. The first-order valence-corrected chi connectivity index (χ1v) is 7.72. The normalized spacial score (nSPS) is 23.0. The Labute approximate surface area is 132 Å². The lowest BCUT2D eigenvalue weighted by Gasteiger charge is -2.39. The predicted octanol–water partition coefficient (Wildman–Crippen LogP) is 0.764. The molecule has 1 atom stereocenters. The van der Waals surface area contributed by atoms with Crippen LogP contribution in [0.2, 0.25) is 0 Å². The van der Waals surface area contributed by atoms with Gasteiger partial charge in [-0.2, -0.15) is 18.3 Å². The molecule has 23 heavy (non-hydrogen) atoms. The van der Waals surface area contributed by atoms with E-state index in [4.69, 9.17) is 0 Å². The van der Waals surface area contributed by atoms with Gasteiger partial charge in [-0.1, -0.05) is 0 Å². The van der Waals surface area contributed by atoms with E-state index < -0.39 is 12.7 Å². The Balaban J connectivity index is 1.67. The van der Waals surface area contributed by atoms with Crippen molar-refractivity contribution in [3.8, 4) is 0 Å². The highest BCUT2D eigenvalue weighted by Gasteiger charge is 2.37. The summed E-state index contributed by atoms with van der Waals surface area (Å²) in [6, 6.07) is -0.331. The molecular weight excluding hydrogens is 311 g/mol. The number of carbonyl (C=O) groups excluding carboxylic acids is 1. The third kappa shape index (κ3) is 3.50. The van der Waals surface area contributed by atoms with Gasteiger partial charge in [-0.25, -0.2) is 0 Å². The standard InChI is InChI=1S/C14H20F3N5O/c1-9-7-21(4-5-22(9)8-14(15,16)17)13(23)12-10-6-18-3-2-11(10)19-20-12/h9,18H,2-8H2,1H3,(H,19,20). The van der Waals surface area contributed by atoms with Gasteiger partial charge >= 0.3 is 6.18 Å². The molecule has 0 saturated carbocycles. The van der Waals surface area contributed by atoms with Crippen molar-refractivity contribution < 1.29 is 18.0 Å². The van der Waals surface area contributed by atoms with Crippen LogP contribution in [-0.2, 0) is 13.0 Å². The quantitative estimate of drug-likeness (QED) is 0.840. The molecule has 1 fully saturated rings. The lowest BCUT2D eigenvalue weighted by atomic mass is 10.1. The van der Waals surface area contributed by atoms with Crippen LogP contribution in [0.25, 0.3) is 0 Å². The van der Waals surface area contributed by atoms with Crippen LogP contribution in [0.3, 0.4) is 0 Å². The predicted molar refractivity (Wildman–Crippen MR) is 77.0 cm³/mol. The minimum Gasteiger partial charge on any atom is -0.334 e. The molecule has 0 radical (unpaired) electrons. The van der Waals surface area contributed by atoms with E-state index in [1.165, 1.54) is 4.90 Å². The molecule has 1 aromatic heterocycles. The van der Waals surface area contributed by atoms with E-state index in [-0.39, 0.29) is 31.6 Å². The molecule has 2 N–H and O–H groups in total. The third-order valence-corrected chi connectivity index (χ3v) is 4.44. The highest BCUT2D eigenvalue weighted by molar-refractivity contribution is 5.94. The summed E-state index contributed by atoms with van der Waals surface area (Å²) < 4.78 is 37.6. The van der Waals surface area contributed by atoms with Crippen LogP contribution < -0.4 is 5.32 Å². The van der Waals surface area contributed by atoms with Crippen molar-refractivity contribution in [1.82, 2.24) is 25.3 Å². The fourth-order valence-corrected chi connectivity index (χ4v) is 3.20. The van der Waals surface area contributed by atoms with Crippen LogP contribution in [0.15, 0.2) is 0 Å². The topological polar surface area (TPSA) is 64.3 Å². The Kier molecular flexibility index (Phi) is 4.33. The molecule has 0 aliphatic carbocycles. The van der Waals surface area contributed by atoms with Crippen LogP contribution in [0.5, 0.6) is 0 Å². The largest absolute Gasteiger partial charge is 0.401 e. The van der Waals surface area contributed by atoms with Crippen molar-refractivity contribution in [3.05, 3.63) is 17.0 Å². The number of aromatic nitrogens is 2. The highest BCUT2D eigenvalue weighted by Crippen LogP contribution is 2.22. The Morgan fingerprint density at radius 3 is 2.87 bits per heavy atom. The van der Waals surface area contributed by atoms with E-state index in [1.54, 1.807) is 11.8 Å². The van der Waals surface area contributed by atoms with Crippen LogP contribution in [0, 0.1) is 0 Å². The number of alkyl halides is 3. The van der Waals surface area contributed by atoms with E-state index in [0.717, 1.165) is 24.2 Å². The van der Waals surface area contributed by atoms with E-state index >= 15 is 0 Å². The minimum atomic E-state index is -4.21. The van der Waals surface area contributed by atoms with Gasteiger partial charge in [0.2, 0.25) is 0 Å². The number of aromatic amines is 1. The second-order valence-corrected chi connectivity index (χ2v) is 6.14. The zero-order chi connectivity index (χ0) is 16.6. The number of hydrogen-bond acceptors (Lipinski definition) is 4. The fourth-order valence-electron chi connectivity index (χ4n) is 3.20. The maximum atomic E-state index is 12.6. The number of fused-ring (bicyclic) bond motifs is 1. The Hall–Kier alpha value is -1.61. The molecule has 1 unspecified atom stereocenters. The van der Waals surface area contributed by atoms with Crippen molar-refractivity contribution in [2.45, 2.75) is 32.1 Å². The number of nitrogens with zero attached hydrogens (tertiary/aromatic N) is 3. The number of halogens is 3. The summed E-state index contributed by atoms with van der Waals surface area (Å²) in [4.78, 5) is 15.6. The van der Waals surface area contributed by atoms with Crippen molar-refractivity contribution in [2.75, 3.05) is 32.7 Å². The summed E-state index contributed by atoms with van der Waals surface area (Å²) >= 11 is 0. The molecule has 2 aliphatic heterocycles. The molecule has 6 nitrogen and oxygen atoms in total. The van der Waals surface area contributed by atoms with Gasteiger partial charge < -0.3 is 10.2 Å². The molecule has 9 heteroatoms. The zero-order valence-corrected chi connectivity index (χ0v) is 12.9. The molecule has 2 aliphatic rings. The van der Waals surface area contributed by atoms with Crippen LogP contribution >= 0.6 is 0 Å². The molecule has 3 heterocycles. The van der Waals surface area contributed by atoms with Crippen molar-refractivity contribution >= 4 is 5.91 Å². The number of rotatable bonds is 2. The van der Waals surface area contributed by atoms with Gasteiger partial charge in [-0.05, 0) is 6.92 Å². The SMILES string of the molecule is CC1CN(C(=O)c2n[nH]c3c2CNCC3)CCN1CC(F)(F)F. The highest BCUT2D eigenvalue weighted by atomic mass is 19.4. The summed E-state index contributed by atoms with van der Waals surface area (Å²) in [5.41, 5.74) is 2.24. The summed E-state index contributed by atoms with van der Waals surface area (Å²) in [6.07, 6.45) is -3.42. The van der Waals surface area contributed by atoms with Gasteiger partial charge in [0.25, 0.3) is 5.91 Å². The first-order chi connectivity index (χ1) is 10.8. The van der Waals surface area contributed by atoms with E-state index in [9.17, 15) is 18.0 Å². The summed E-state index contributed by atoms with van der Waals surface area (Å²) in [6.45, 7) is 3.01. The molecule has 3 rings (SSSR count). The Morgan fingerprint density at radius 2 is 2.17 bits per heavy atom. The van der Waals surface area contributed by atoms with Gasteiger partial charge in [0.1, 0.15) is 0 Å². The minimum absolute atomic E-state index is 0.204. The summed E-state index contributed by atoms with van der Waals surface area (Å²) in [7, 11) is 0. The van der Waals surface area contributed by atoms with Crippen molar-refractivity contribution in [2.24, 2.45) is 0 Å². The molecule has 1 aromatic rings. The van der Waals surface area contributed by atoms with E-state index in [0.29, 0.717) is 12.2 Å². The van der Waals surface area contributed by atoms with E-state index in [2.05, 4.69) is 15.5 Å². The second kappa shape index (κ2) is 6.12. The number of hydrogen-bond donors (Lipinski definition) is 2. The lowest BCUT2D eigenvalue weighted by Crippen LogP contribution is -2.55. The second-order valence-electron chi connectivity index (χ2n) is 6.14. The molecule has 128 valence electrons. The summed E-state index contributed by atoms with van der Waals surface area (Å²) in [5, 5.41) is 10.2. The van der Waals surface area contributed by atoms with E-state index in [1.807, 2.05) is 0 Å². The number of piperazine rings is 1. The number of carbonyl (C=O) groups is 1. The summed E-state index contributed by atoms with van der Waals surface area (Å²) in [5.74, 6) is -0.204. The van der Waals surface area contributed by atoms with Gasteiger partial charge in [0.15, 0.2) is 5.69 Å². The van der Waals surface area contributed by atoms with Gasteiger partial charge in [0.05, 0.1) is 6.54 Å². The number of H-pyrrole nitrogens is 1. The van der Waals surface area contributed by atoms with Gasteiger partial charge in [-0.15, -0.1) is 0 Å². The molecule has 1 saturated heterocycles. The maximum Gasteiger partial charge on any atom is 0.401 e. The maximum absolute atomic E-state index is 12.6. The molecule has 1 amide bonds. The average Bonchev–Trinajstić information content (AvgIpc) is 2.91. The van der Waals surface area contributed by atoms with Crippen LogP contribution in [0.4, 0.5) is 13.2 Å². The van der Waals surface area contributed by atoms with Crippen LogP contribution in [0.1, 0.15) is 28.7 Å². The van der Waals surface area contributed by atoms with Gasteiger partial charge in [0, 0.05) is 56.4 Å². The monoisotopic (exact) mass is 331 g/mol. The Bertz CT molecular complexity index is 585. The van der Waals surface area contributed by atoms with Crippen LogP contribution in [-0.4, -0.2) is 70.8 Å². The van der Waals surface area contributed by atoms with Crippen molar-refractivity contribution in [1.29, 1.82) is 0 Å². The smallest absolute Gasteiger partial charge is 0.334 e. The molecule has 0 spiro atoms. The molecule has 0 bridgehead atoms.